The SMILES string of the molecule is COc1ccc(NCc2cc3c(cc2O)OCO3)c(C)c1. The lowest BCUT2D eigenvalue weighted by atomic mass is 10.1. The summed E-state index contributed by atoms with van der Waals surface area (Å²) >= 11 is 0. The van der Waals surface area contributed by atoms with Crippen LogP contribution in [0.2, 0.25) is 0 Å². The van der Waals surface area contributed by atoms with Crippen LogP contribution in [0.1, 0.15) is 11.1 Å². The number of hydrogen-bond acceptors (Lipinski definition) is 5. The van der Waals surface area contributed by atoms with Crippen molar-refractivity contribution in [3.05, 3.63) is 41.5 Å². The molecule has 0 aromatic heterocycles. The molecule has 1 aliphatic heterocycles. The molecular formula is C16H17NO4. The van der Waals surface area contributed by atoms with Gasteiger partial charge in [0.15, 0.2) is 11.5 Å². The van der Waals surface area contributed by atoms with Gasteiger partial charge in [-0.1, -0.05) is 0 Å². The van der Waals surface area contributed by atoms with Crippen molar-refractivity contribution in [3.8, 4) is 23.0 Å². The fourth-order valence-corrected chi connectivity index (χ4v) is 2.27. The molecule has 0 spiro atoms. The first-order valence-electron chi connectivity index (χ1n) is 6.67. The summed E-state index contributed by atoms with van der Waals surface area (Å²) in [6.07, 6.45) is 0. The number of methoxy groups -OCH3 is 1. The summed E-state index contributed by atoms with van der Waals surface area (Å²) in [7, 11) is 1.65. The Bertz CT molecular complexity index is 670. The van der Waals surface area contributed by atoms with Crippen LogP contribution in [-0.4, -0.2) is 19.0 Å². The summed E-state index contributed by atoms with van der Waals surface area (Å²) in [4.78, 5) is 0. The van der Waals surface area contributed by atoms with Crippen molar-refractivity contribution in [2.45, 2.75) is 13.5 Å². The minimum Gasteiger partial charge on any atom is -0.507 e. The minimum absolute atomic E-state index is 0.193. The summed E-state index contributed by atoms with van der Waals surface area (Å²) in [5.74, 6) is 2.26. The molecule has 2 aromatic rings. The van der Waals surface area contributed by atoms with Crippen molar-refractivity contribution < 1.29 is 19.3 Å². The van der Waals surface area contributed by atoms with Gasteiger partial charge in [-0.05, 0) is 36.8 Å². The van der Waals surface area contributed by atoms with E-state index in [4.69, 9.17) is 14.2 Å². The van der Waals surface area contributed by atoms with E-state index in [-0.39, 0.29) is 12.5 Å². The molecule has 0 amide bonds. The Morgan fingerprint density at radius 2 is 1.95 bits per heavy atom. The van der Waals surface area contributed by atoms with Crippen molar-refractivity contribution in [1.82, 2.24) is 0 Å². The number of rotatable bonds is 4. The van der Waals surface area contributed by atoms with Crippen LogP contribution in [0, 0.1) is 6.92 Å². The van der Waals surface area contributed by atoms with Crippen LogP contribution in [0.4, 0.5) is 5.69 Å². The highest BCUT2D eigenvalue weighted by Crippen LogP contribution is 2.37. The van der Waals surface area contributed by atoms with Gasteiger partial charge in [0.25, 0.3) is 0 Å². The van der Waals surface area contributed by atoms with Crippen molar-refractivity contribution in [3.63, 3.8) is 0 Å². The Kier molecular flexibility index (Phi) is 3.48. The highest BCUT2D eigenvalue weighted by Gasteiger charge is 2.16. The largest absolute Gasteiger partial charge is 0.507 e. The molecule has 2 N–H and O–H groups in total. The van der Waals surface area contributed by atoms with Crippen LogP contribution in [0.15, 0.2) is 30.3 Å². The van der Waals surface area contributed by atoms with Crippen LogP contribution in [-0.2, 0) is 6.54 Å². The van der Waals surface area contributed by atoms with E-state index in [1.54, 1.807) is 19.2 Å². The van der Waals surface area contributed by atoms with E-state index in [1.165, 1.54) is 0 Å². The second kappa shape index (κ2) is 5.44. The summed E-state index contributed by atoms with van der Waals surface area (Å²) in [5, 5.41) is 13.3. The van der Waals surface area contributed by atoms with Gasteiger partial charge in [0.05, 0.1) is 7.11 Å². The Morgan fingerprint density at radius 1 is 1.19 bits per heavy atom. The summed E-state index contributed by atoms with van der Waals surface area (Å²) in [5.41, 5.74) is 2.83. The fraction of sp³-hybridized carbons (Fsp3) is 0.250. The predicted molar refractivity (Wildman–Crippen MR) is 79.3 cm³/mol. The number of nitrogens with one attached hydrogen (secondary N) is 1. The molecule has 0 radical (unpaired) electrons. The molecule has 0 unspecified atom stereocenters. The number of phenols is 1. The fourth-order valence-electron chi connectivity index (χ4n) is 2.27. The van der Waals surface area contributed by atoms with E-state index in [1.807, 2.05) is 25.1 Å². The number of phenolic OH excluding ortho intramolecular Hbond substituents is 1. The highest BCUT2D eigenvalue weighted by atomic mass is 16.7. The topological polar surface area (TPSA) is 60.0 Å². The molecular weight excluding hydrogens is 270 g/mol. The van der Waals surface area contributed by atoms with Gasteiger partial charge < -0.3 is 24.6 Å². The zero-order valence-electron chi connectivity index (χ0n) is 12.0. The number of aromatic hydroxyl groups is 1. The van der Waals surface area contributed by atoms with Gasteiger partial charge in [-0.2, -0.15) is 0 Å². The summed E-state index contributed by atoms with van der Waals surface area (Å²) in [6, 6.07) is 9.19. The molecule has 1 heterocycles. The average Bonchev–Trinajstić information content (AvgIpc) is 2.92. The second-order valence-electron chi connectivity index (χ2n) is 4.87. The molecule has 0 aliphatic carbocycles. The molecule has 3 rings (SSSR count). The van der Waals surface area contributed by atoms with Gasteiger partial charge in [-0.25, -0.2) is 0 Å². The molecule has 5 nitrogen and oxygen atoms in total. The van der Waals surface area contributed by atoms with E-state index in [0.717, 1.165) is 22.6 Å². The average molecular weight is 287 g/mol. The van der Waals surface area contributed by atoms with Crippen molar-refractivity contribution in [1.29, 1.82) is 0 Å². The smallest absolute Gasteiger partial charge is 0.231 e. The first-order valence-corrected chi connectivity index (χ1v) is 6.67. The lowest BCUT2D eigenvalue weighted by Crippen LogP contribution is -2.01. The third kappa shape index (κ3) is 2.67. The first-order chi connectivity index (χ1) is 10.2. The third-order valence-electron chi connectivity index (χ3n) is 3.48. The zero-order valence-corrected chi connectivity index (χ0v) is 12.0. The lowest BCUT2D eigenvalue weighted by molar-refractivity contribution is 0.174. The van der Waals surface area contributed by atoms with E-state index >= 15 is 0 Å². The molecule has 110 valence electrons. The number of anilines is 1. The molecule has 0 bridgehead atoms. The highest BCUT2D eigenvalue weighted by molar-refractivity contribution is 5.56. The molecule has 0 saturated carbocycles. The maximum Gasteiger partial charge on any atom is 0.231 e. The van der Waals surface area contributed by atoms with Crippen molar-refractivity contribution in [2.24, 2.45) is 0 Å². The number of aryl methyl sites for hydroxylation is 1. The number of ether oxygens (including phenoxy) is 3. The molecule has 2 aromatic carbocycles. The number of hydrogen-bond donors (Lipinski definition) is 2. The van der Waals surface area contributed by atoms with Gasteiger partial charge in [0, 0.05) is 23.9 Å². The molecule has 1 aliphatic rings. The Hall–Kier alpha value is -2.56. The summed E-state index contributed by atoms with van der Waals surface area (Å²) < 4.78 is 15.7. The van der Waals surface area contributed by atoms with Crippen LogP contribution < -0.4 is 19.5 Å². The normalized spacial score (nSPS) is 12.3. The van der Waals surface area contributed by atoms with Crippen LogP contribution >= 0.6 is 0 Å². The van der Waals surface area contributed by atoms with E-state index in [2.05, 4.69) is 5.32 Å². The first kappa shape index (κ1) is 13.4. The van der Waals surface area contributed by atoms with E-state index < -0.39 is 0 Å². The monoisotopic (exact) mass is 287 g/mol. The van der Waals surface area contributed by atoms with Crippen LogP contribution in [0.5, 0.6) is 23.0 Å². The number of benzene rings is 2. The Labute approximate surface area is 123 Å². The van der Waals surface area contributed by atoms with Gasteiger partial charge >= 0.3 is 0 Å². The van der Waals surface area contributed by atoms with E-state index in [0.29, 0.717) is 18.0 Å². The van der Waals surface area contributed by atoms with Crippen molar-refractivity contribution in [2.75, 3.05) is 19.2 Å². The van der Waals surface area contributed by atoms with Crippen LogP contribution in [0.25, 0.3) is 0 Å². The molecule has 21 heavy (non-hydrogen) atoms. The Morgan fingerprint density at radius 3 is 2.67 bits per heavy atom. The van der Waals surface area contributed by atoms with Gasteiger partial charge in [-0.3, -0.25) is 0 Å². The summed E-state index contributed by atoms with van der Waals surface area (Å²) in [6.45, 7) is 2.70. The quantitative estimate of drug-likeness (QED) is 0.905. The standard InChI is InChI=1S/C16H17NO4/c1-10-5-12(19-2)3-4-13(10)17-8-11-6-15-16(7-14(11)18)21-9-20-15/h3-7,17-18H,8-9H2,1-2H3. The lowest BCUT2D eigenvalue weighted by Gasteiger charge is -2.12. The number of fused-ring (bicyclic) bond motifs is 1. The minimum atomic E-state index is 0.193. The van der Waals surface area contributed by atoms with Gasteiger partial charge in [0.2, 0.25) is 6.79 Å². The van der Waals surface area contributed by atoms with Gasteiger partial charge in [-0.15, -0.1) is 0 Å². The van der Waals surface area contributed by atoms with Crippen LogP contribution in [0.3, 0.4) is 0 Å². The maximum absolute atomic E-state index is 10.0. The zero-order chi connectivity index (χ0) is 14.8. The van der Waals surface area contributed by atoms with Crippen molar-refractivity contribution >= 4 is 5.69 Å². The molecule has 0 saturated heterocycles. The van der Waals surface area contributed by atoms with E-state index in [9.17, 15) is 5.11 Å². The maximum atomic E-state index is 10.0. The third-order valence-corrected chi connectivity index (χ3v) is 3.48. The molecule has 0 fully saturated rings. The Balaban J connectivity index is 1.76. The molecule has 5 heteroatoms. The predicted octanol–water partition coefficient (Wildman–Crippen LogP) is 3.05. The molecule has 0 atom stereocenters. The van der Waals surface area contributed by atoms with Gasteiger partial charge in [0.1, 0.15) is 11.5 Å². The second-order valence-corrected chi connectivity index (χ2v) is 4.87.